The first-order chi connectivity index (χ1) is 7.36. The number of para-hydroxylation sites is 1. The van der Waals surface area contributed by atoms with Gasteiger partial charge in [0.2, 0.25) is 0 Å². The molecule has 15 heavy (non-hydrogen) atoms. The summed E-state index contributed by atoms with van der Waals surface area (Å²) in [5.41, 5.74) is 7.86. The molecule has 0 radical (unpaired) electrons. The van der Waals surface area contributed by atoms with E-state index in [1.54, 1.807) is 0 Å². The fourth-order valence-electron chi connectivity index (χ4n) is 2.60. The third-order valence-electron chi connectivity index (χ3n) is 3.38. The van der Waals surface area contributed by atoms with E-state index in [9.17, 15) is 0 Å². The number of hydrogen-bond donors (Lipinski definition) is 1. The van der Waals surface area contributed by atoms with Gasteiger partial charge in [0.1, 0.15) is 6.61 Å². The van der Waals surface area contributed by atoms with Gasteiger partial charge in [0.25, 0.3) is 0 Å². The summed E-state index contributed by atoms with van der Waals surface area (Å²) in [4.78, 5) is 2.46. The van der Waals surface area contributed by atoms with Crippen molar-refractivity contribution in [2.45, 2.75) is 25.3 Å². The van der Waals surface area contributed by atoms with Crippen LogP contribution in [-0.2, 0) is 0 Å². The second-order valence-corrected chi connectivity index (χ2v) is 4.35. The van der Waals surface area contributed by atoms with Crippen molar-refractivity contribution in [3.05, 3.63) is 18.2 Å². The molecule has 3 nitrogen and oxygen atoms in total. The van der Waals surface area contributed by atoms with Crippen LogP contribution in [0.4, 0.5) is 11.4 Å². The number of nitrogens with zero attached hydrogens (tertiary/aromatic N) is 1. The molecule has 0 spiro atoms. The quantitative estimate of drug-likeness (QED) is 0.657. The molecule has 80 valence electrons. The van der Waals surface area contributed by atoms with Crippen molar-refractivity contribution in [2.24, 2.45) is 0 Å². The maximum atomic E-state index is 5.91. The van der Waals surface area contributed by atoms with Crippen molar-refractivity contribution in [1.29, 1.82) is 0 Å². The van der Waals surface area contributed by atoms with Crippen LogP contribution in [0.15, 0.2) is 18.2 Å². The van der Waals surface area contributed by atoms with Crippen molar-refractivity contribution in [3.8, 4) is 5.75 Å². The molecule has 1 aromatic carbocycles. The number of piperidine rings is 1. The van der Waals surface area contributed by atoms with Crippen LogP contribution in [0.2, 0.25) is 0 Å². The van der Waals surface area contributed by atoms with Crippen LogP contribution in [0.1, 0.15) is 19.3 Å². The van der Waals surface area contributed by atoms with E-state index in [1.807, 2.05) is 12.1 Å². The van der Waals surface area contributed by atoms with Gasteiger partial charge in [0, 0.05) is 6.54 Å². The zero-order chi connectivity index (χ0) is 10.3. The first-order valence-electron chi connectivity index (χ1n) is 5.64. The van der Waals surface area contributed by atoms with Crippen LogP contribution in [0.5, 0.6) is 5.75 Å². The maximum absolute atomic E-state index is 5.91. The zero-order valence-corrected chi connectivity index (χ0v) is 8.78. The van der Waals surface area contributed by atoms with Crippen molar-refractivity contribution >= 4 is 11.4 Å². The van der Waals surface area contributed by atoms with Crippen LogP contribution < -0.4 is 15.4 Å². The SMILES string of the molecule is Nc1cccc2c1OC[C@@H]1CCCCN21. The van der Waals surface area contributed by atoms with Gasteiger partial charge in [-0.2, -0.15) is 0 Å². The lowest BCUT2D eigenvalue weighted by atomic mass is 10.00. The lowest BCUT2D eigenvalue weighted by molar-refractivity contribution is 0.241. The third kappa shape index (κ3) is 1.34. The number of benzene rings is 1. The first-order valence-corrected chi connectivity index (χ1v) is 5.64. The number of nitrogen functional groups attached to an aromatic ring is 1. The van der Waals surface area contributed by atoms with E-state index in [1.165, 1.54) is 24.9 Å². The Bertz CT molecular complexity index is 378. The minimum Gasteiger partial charge on any atom is -0.487 e. The summed E-state index contributed by atoms with van der Waals surface area (Å²) in [6.07, 6.45) is 3.85. The number of rotatable bonds is 0. The summed E-state index contributed by atoms with van der Waals surface area (Å²) in [7, 11) is 0. The van der Waals surface area contributed by atoms with Gasteiger partial charge in [-0.05, 0) is 31.4 Å². The summed E-state index contributed by atoms with van der Waals surface area (Å²) >= 11 is 0. The molecule has 1 atom stereocenters. The highest BCUT2D eigenvalue weighted by Crippen LogP contribution is 2.40. The van der Waals surface area contributed by atoms with E-state index in [-0.39, 0.29) is 0 Å². The van der Waals surface area contributed by atoms with E-state index in [4.69, 9.17) is 10.5 Å². The summed E-state index contributed by atoms with van der Waals surface area (Å²) in [6.45, 7) is 1.94. The average molecular weight is 204 g/mol. The van der Waals surface area contributed by atoms with Gasteiger partial charge in [0.05, 0.1) is 17.4 Å². The van der Waals surface area contributed by atoms with Crippen LogP contribution in [-0.4, -0.2) is 19.2 Å². The Balaban J connectivity index is 2.03. The first kappa shape index (κ1) is 8.89. The Hall–Kier alpha value is -1.38. The van der Waals surface area contributed by atoms with Gasteiger partial charge in [-0.3, -0.25) is 0 Å². The van der Waals surface area contributed by atoms with Crippen molar-refractivity contribution < 1.29 is 4.74 Å². The molecule has 3 rings (SSSR count). The predicted molar refractivity (Wildman–Crippen MR) is 61.3 cm³/mol. The standard InChI is InChI=1S/C12H16N2O/c13-10-5-3-6-11-12(10)15-8-9-4-1-2-7-14(9)11/h3,5-6,9H,1-2,4,7-8,13H2/t9-/m0/s1. The van der Waals surface area contributed by atoms with E-state index in [2.05, 4.69) is 11.0 Å². The lowest BCUT2D eigenvalue weighted by Crippen LogP contribution is -2.46. The second kappa shape index (κ2) is 3.33. The van der Waals surface area contributed by atoms with Gasteiger partial charge in [-0.1, -0.05) is 6.07 Å². The highest BCUT2D eigenvalue weighted by molar-refractivity contribution is 5.71. The Morgan fingerprint density at radius 1 is 1.33 bits per heavy atom. The maximum Gasteiger partial charge on any atom is 0.165 e. The van der Waals surface area contributed by atoms with Crippen molar-refractivity contribution in [3.63, 3.8) is 0 Å². The van der Waals surface area contributed by atoms with Crippen molar-refractivity contribution in [1.82, 2.24) is 0 Å². The van der Waals surface area contributed by atoms with E-state index >= 15 is 0 Å². The largest absolute Gasteiger partial charge is 0.487 e. The molecule has 2 heterocycles. The fraction of sp³-hybridized carbons (Fsp3) is 0.500. The Labute approximate surface area is 89.8 Å². The molecule has 0 amide bonds. The molecule has 0 unspecified atom stereocenters. The molecule has 2 N–H and O–H groups in total. The molecule has 1 fully saturated rings. The highest BCUT2D eigenvalue weighted by atomic mass is 16.5. The monoisotopic (exact) mass is 204 g/mol. The number of hydrogen-bond acceptors (Lipinski definition) is 3. The van der Waals surface area contributed by atoms with Gasteiger partial charge in [-0.25, -0.2) is 0 Å². The molecule has 2 aliphatic heterocycles. The smallest absolute Gasteiger partial charge is 0.165 e. The summed E-state index contributed by atoms with van der Waals surface area (Å²) < 4.78 is 5.76. The Morgan fingerprint density at radius 2 is 2.27 bits per heavy atom. The molecular weight excluding hydrogens is 188 g/mol. The molecule has 0 aromatic heterocycles. The van der Waals surface area contributed by atoms with E-state index < -0.39 is 0 Å². The summed E-state index contributed by atoms with van der Waals surface area (Å²) in [5.74, 6) is 0.885. The van der Waals surface area contributed by atoms with Gasteiger partial charge in [0.15, 0.2) is 5.75 Å². The molecule has 0 aliphatic carbocycles. The van der Waals surface area contributed by atoms with Gasteiger partial charge in [-0.15, -0.1) is 0 Å². The minimum atomic E-state index is 0.563. The van der Waals surface area contributed by atoms with Crippen LogP contribution in [0, 0.1) is 0 Å². The number of fused-ring (bicyclic) bond motifs is 3. The molecule has 2 aliphatic rings. The molecule has 1 aromatic rings. The summed E-state index contributed by atoms with van der Waals surface area (Å²) in [5, 5.41) is 0. The molecule has 0 saturated carbocycles. The van der Waals surface area contributed by atoms with Gasteiger partial charge < -0.3 is 15.4 Å². The molecule has 0 bridgehead atoms. The molecule has 3 heteroatoms. The predicted octanol–water partition coefficient (Wildman–Crippen LogP) is 2.02. The lowest BCUT2D eigenvalue weighted by Gasteiger charge is -2.41. The molecular formula is C12H16N2O. The topological polar surface area (TPSA) is 38.5 Å². The number of anilines is 2. The van der Waals surface area contributed by atoms with Crippen molar-refractivity contribution in [2.75, 3.05) is 23.8 Å². The zero-order valence-electron chi connectivity index (χ0n) is 8.78. The van der Waals surface area contributed by atoms with Gasteiger partial charge >= 0.3 is 0 Å². The average Bonchev–Trinajstić information content (AvgIpc) is 2.29. The summed E-state index contributed by atoms with van der Waals surface area (Å²) in [6, 6.07) is 6.59. The van der Waals surface area contributed by atoms with E-state index in [0.29, 0.717) is 6.04 Å². The van der Waals surface area contributed by atoms with Crippen LogP contribution in [0.3, 0.4) is 0 Å². The Kier molecular flexibility index (Phi) is 1.97. The number of nitrogens with two attached hydrogens (primary N) is 1. The number of ether oxygens (including phenoxy) is 1. The minimum absolute atomic E-state index is 0.563. The second-order valence-electron chi connectivity index (χ2n) is 4.35. The highest BCUT2D eigenvalue weighted by Gasteiger charge is 2.30. The molecule has 1 saturated heterocycles. The third-order valence-corrected chi connectivity index (χ3v) is 3.38. The Morgan fingerprint density at radius 3 is 3.20 bits per heavy atom. The van der Waals surface area contributed by atoms with Crippen LogP contribution in [0.25, 0.3) is 0 Å². The van der Waals surface area contributed by atoms with Crippen LogP contribution >= 0.6 is 0 Å². The fourth-order valence-corrected chi connectivity index (χ4v) is 2.60. The normalized spacial score (nSPS) is 24.0. The van der Waals surface area contributed by atoms with E-state index in [0.717, 1.165) is 24.6 Å².